The Kier molecular flexibility index (Phi) is 5.97. The highest BCUT2D eigenvalue weighted by Crippen LogP contribution is 2.36. The van der Waals surface area contributed by atoms with E-state index in [9.17, 15) is 12.8 Å². The molecule has 0 aromatic heterocycles. The van der Waals surface area contributed by atoms with Crippen LogP contribution in [0.15, 0.2) is 48.5 Å². The number of anilines is 1. The molecule has 0 radical (unpaired) electrons. The maximum absolute atomic E-state index is 14.1. The summed E-state index contributed by atoms with van der Waals surface area (Å²) in [6.07, 6.45) is 0. The molecule has 7 nitrogen and oxygen atoms in total. The number of sulfonamides is 1. The van der Waals surface area contributed by atoms with Gasteiger partial charge >= 0.3 is 0 Å². The molecule has 2 fully saturated rings. The molecule has 0 saturated carbocycles. The van der Waals surface area contributed by atoms with Crippen LogP contribution in [-0.4, -0.2) is 70.0 Å². The molecule has 2 heterocycles. The number of hydrogen-bond acceptors (Lipinski definition) is 6. The zero-order valence-corrected chi connectivity index (χ0v) is 17.9. The van der Waals surface area contributed by atoms with Gasteiger partial charge in [-0.05, 0) is 29.8 Å². The number of halogens is 1. The lowest BCUT2D eigenvalue weighted by molar-refractivity contribution is -0.110. The first-order chi connectivity index (χ1) is 14.4. The van der Waals surface area contributed by atoms with E-state index in [2.05, 4.69) is 0 Å². The molecule has 0 N–H and O–H groups in total. The van der Waals surface area contributed by atoms with E-state index in [1.54, 1.807) is 37.4 Å². The van der Waals surface area contributed by atoms with Crippen LogP contribution in [0.4, 0.5) is 10.1 Å². The van der Waals surface area contributed by atoms with Gasteiger partial charge < -0.3 is 9.64 Å². The first-order valence-corrected chi connectivity index (χ1v) is 11.4. The molecule has 2 saturated heterocycles. The van der Waals surface area contributed by atoms with Crippen LogP contribution in [-0.2, 0) is 14.9 Å². The maximum Gasteiger partial charge on any atom is 0.221 e. The van der Waals surface area contributed by atoms with Crippen molar-refractivity contribution in [2.75, 3.05) is 51.8 Å². The van der Waals surface area contributed by atoms with E-state index in [0.717, 1.165) is 5.56 Å². The van der Waals surface area contributed by atoms with Gasteiger partial charge in [-0.1, -0.05) is 24.3 Å². The predicted octanol–water partition coefficient (Wildman–Crippen LogP) is 2.27. The van der Waals surface area contributed by atoms with E-state index in [1.165, 1.54) is 10.4 Å². The summed E-state index contributed by atoms with van der Waals surface area (Å²) in [6.45, 7) is 1.58. The Balaban J connectivity index is 1.52. The van der Waals surface area contributed by atoms with Crippen molar-refractivity contribution >= 4 is 15.7 Å². The fourth-order valence-electron chi connectivity index (χ4n) is 4.18. The van der Waals surface area contributed by atoms with Crippen LogP contribution in [0, 0.1) is 5.82 Å². The minimum Gasteiger partial charge on any atom is -0.497 e. The number of rotatable bonds is 5. The van der Waals surface area contributed by atoms with Crippen molar-refractivity contribution in [1.29, 1.82) is 0 Å². The van der Waals surface area contributed by atoms with E-state index >= 15 is 0 Å². The molecule has 2 aromatic carbocycles. The highest BCUT2D eigenvalue weighted by atomic mass is 32.2. The Labute approximate surface area is 176 Å². The topological polar surface area (TPSA) is 62.3 Å². The summed E-state index contributed by atoms with van der Waals surface area (Å²) in [7, 11) is -0.295. The van der Waals surface area contributed by atoms with Gasteiger partial charge in [-0.2, -0.15) is 9.37 Å². The van der Waals surface area contributed by atoms with E-state index < -0.39 is 21.3 Å². The van der Waals surface area contributed by atoms with Crippen LogP contribution in [0.3, 0.4) is 0 Å². The summed E-state index contributed by atoms with van der Waals surface area (Å²) in [5, 5.41) is 0.877. The van der Waals surface area contributed by atoms with Crippen molar-refractivity contribution in [2.45, 2.75) is 11.3 Å². The second-order valence-corrected chi connectivity index (χ2v) is 9.64. The van der Waals surface area contributed by atoms with Crippen molar-refractivity contribution in [1.82, 2.24) is 9.37 Å². The largest absolute Gasteiger partial charge is 0.497 e. The van der Waals surface area contributed by atoms with Gasteiger partial charge in [0.05, 0.1) is 25.4 Å². The molecular formula is C21H26FN3O4S. The molecule has 0 aliphatic carbocycles. The molecule has 0 bridgehead atoms. The number of benzene rings is 2. The minimum absolute atomic E-state index is 0.0915. The highest BCUT2D eigenvalue weighted by molar-refractivity contribution is 7.89. The second kappa shape index (κ2) is 8.50. The Hall–Kier alpha value is -2.20. The summed E-state index contributed by atoms with van der Waals surface area (Å²) in [5.74, 6) is 0.375. The smallest absolute Gasteiger partial charge is 0.221 e. The van der Waals surface area contributed by atoms with Gasteiger partial charge in [0.2, 0.25) is 10.0 Å². The van der Waals surface area contributed by atoms with E-state index in [4.69, 9.17) is 9.57 Å². The average Bonchev–Trinajstić information content (AvgIpc) is 3.16. The van der Waals surface area contributed by atoms with Crippen LogP contribution < -0.4 is 9.64 Å². The summed E-state index contributed by atoms with van der Waals surface area (Å²) in [6, 6.07) is 13.5. The van der Waals surface area contributed by atoms with Crippen LogP contribution in [0.2, 0.25) is 0 Å². The standard InChI is InChI=1S/C21H26FN3O4S/c1-23-21(16-6-5-7-17(14-16)28-2)20(15-29-23)30(26,27)25-12-10-24(11-13-25)19-9-4-3-8-18(19)22/h3-9,14,20-21H,10-13,15H2,1-2H3/t20-,21-/m1/s1. The van der Waals surface area contributed by atoms with Crippen LogP contribution >= 0.6 is 0 Å². The van der Waals surface area contributed by atoms with E-state index in [-0.39, 0.29) is 12.4 Å². The van der Waals surface area contributed by atoms with Gasteiger partial charge in [0.25, 0.3) is 0 Å². The molecule has 0 unspecified atom stereocenters. The van der Waals surface area contributed by atoms with Crippen LogP contribution in [0.25, 0.3) is 0 Å². The molecule has 0 spiro atoms. The fraction of sp³-hybridized carbons (Fsp3) is 0.429. The van der Waals surface area contributed by atoms with Gasteiger partial charge in [0.1, 0.15) is 16.8 Å². The van der Waals surface area contributed by atoms with Gasteiger partial charge in [0.15, 0.2) is 0 Å². The number of piperazine rings is 1. The molecule has 2 atom stereocenters. The van der Waals surface area contributed by atoms with Crippen LogP contribution in [0.1, 0.15) is 11.6 Å². The SMILES string of the molecule is COc1cccc([C@@H]2[C@H](S(=O)(=O)N3CCN(c4ccccc4F)CC3)CON2C)c1. The minimum atomic E-state index is -3.62. The molecule has 0 amide bonds. The van der Waals surface area contributed by atoms with Gasteiger partial charge in [-0.3, -0.25) is 4.84 Å². The summed E-state index contributed by atoms with van der Waals surface area (Å²) in [5.41, 5.74) is 1.33. The first-order valence-electron chi connectivity index (χ1n) is 9.90. The molecule has 30 heavy (non-hydrogen) atoms. The Morgan fingerprint density at radius 3 is 2.50 bits per heavy atom. The van der Waals surface area contributed by atoms with Crippen molar-refractivity contribution in [2.24, 2.45) is 0 Å². The number of ether oxygens (including phenoxy) is 1. The van der Waals surface area contributed by atoms with Gasteiger partial charge in [-0.25, -0.2) is 12.8 Å². The molecule has 4 rings (SSSR count). The summed E-state index contributed by atoms with van der Waals surface area (Å²) in [4.78, 5) is 7.50. The number of para-hydroxylation sites is 1. The van der Waals surface area contributed by atoms with Gasteiger partial charge in [0, 0.05) is 33.2 Å². The molecule has 9 heteroatoms. The summed E-state index contributed by atoms with van der Waals surface area (Å²) >= 11 is 0. The zero-order valence-electron chi connectivity index (χ0n) is 17.1. The Morgan fingerprint density at radius 1 is 1.07 bits per heavy atom. The van der Waals surface area contributed by atoms with E-state index in [0.29, 0.717) is 37.6 Å². The van der Waals surface area contributed by atoms with Crippen molar-refractivity contribution < 1.29 is 22.4 Å². The Bertz CT molecular complexity index is 995. The zero-order chi connectivity index (χ0) is 21.3. The number of hydrogen-bond donors (Lipinski definition) is 0. The van der Waals surface area contributed by atoms with Crippen molar-refractivity contribution in [3.63, 3.8) is 0 Å². The van der Waals surface area contributed by atoms with Crippen LogP contribution in [0.5, 0.6) is 5.75 Å². The predicted molar refractivity (Wildman–Crippen MR) is 112 cm³/mol. The molecule has 2 aliphatic heterocycles. The number of hydroxylamine groups is 2. The van der Waals surface area contributed by atoms with E-state index in [1.807, 2.05) is 29.2 Å². The van der Waals surface area contributed by atoms with Crippen molar-refractivity contribution in [3.8, 4) is 5.75 Å². The molecule has 2 aromatic rings. The molecule has 2 aliphatic rings. The monoisotopic (exact) mass is 435 g/mol. The average molecular weight is 436 g/mol. The number of nitrogens with zero attached hydrogens (tertiary/aromatic N) is 3. The Morgan fingerprint density at radius 2 is 1.80 bits per heavy atom. The third kappa shape index (κ3) is 3.90. The third-order valence-corrected chi connectivity index (χ3v) is 8.04. The lowest BCUT2D eigenvalue weighted by Gasteiger charge is -2.37. The second-order valence-electron chi connectivity index (χ2n) is 7.48. The molecule has 162 valence electrons. The lowest BCUT2D eigenvalue weighted by atomic mass is 10.0. The highest BCUT2D eigenvalue weighted by Gasteiger charge is 2.46. The third-order valence-electron chi connectivity index (χ3n) is 5.80. The molecular weight excluding hydrogens is 409 g/mol. The normalized spacial score (nSPS) is 23.6. The quantitative estimate of drug-likeness (QED) is 0.718. The summed E-state index contributed by atoms with van der Waals surface area (Å²) < 4.78 is 47.8. The lowest BCUT2D eigenvalue weighted by Crippen LogP contribution is -2.52. The number of methoxy groups -OCH3 is 1. The van der Waals surface area contributed by atoms with Gasteiger partial charge in [-0.15, -0.1) is 0 Å². The fourth-order valence-corrected chi connectivity index (χ4v) is 6.12. The van der Waals surface area contributed by atoms with Crippen molar-refractivity contribution in [3.05, 3.63) is 59.9 Å². The first kappa shape index (κ1) is 21.0. The maximum atomic E-state index is 14.1.